The summed E-state index contributed by atoms with van der Waals surface area (Å²) in [6.07, 6.45) is 8.66. The number of sulfone groups is 1. The lowest BCUT2D eigenvalue weighted by Gasteiger charge is -2.10. The van der Waals surface area contributed by atoms with Crippen LogP contribution in [0.3, 0.4) is 0 Å². The Morgan fingerprint density at radius 1 is 1.08 bits per heavy atom. The number of fused-ring (bicyclic) bond motifs is 1. The average Bonchev–Trinajstić information content (AvgIpc) is 2.93. The van der Waals surface area contributed by atoms with Crippen LogP contribution in [0.5, 0.6) is 0 Å². The van der Waals surface area contributed by atoms with Crippen molar-refractivity contribution in [2.75, 3.05) is 6.26 Å². The standard InChI is InChI=1S/C22H22O3S/c1-3-6-18-13-19-14-20(26(2,24)25)9-10-21(19)22(18)15-17-8-5-4-7-16(17)11-12-23/h4-5,7-10,12-15H,3,6,11H2,1-2H3/b22-15-. The Hall–Kier alpha value is -2.46. The summed E-state index contributed by atoms with van der Waals surface area (Å²) < 4.78 is 23.7. The van der Waals surface area contributed by atoms with Crippen molar-refractivity contribution in [1.29, 1.82) is 0 Å². The number of hydrogen-bond acceptors (Lipinski definition) is 3. The highest BCUT2D eigenvalue weighted by molar-refractivity contribution is 7.90. The first-order valence-corrected chi connectivity index (χ1v) is 10.6. The Bertz CT molecular complexity index is 1010. The van der Waals surface area contributed by atoms with E-state index < -0.39 is 9.84 Å². The molecule has 3 rings (SSSR count). The molecule has 0 fully saturated rings. The van der Waals surface area contributed by atoms with Gasteiger partial charge in [0.2, 0.25) is 0 Å². The monoisotopic (exact) mass is 366 g/mol. The molecule has 0 atom stereocenters. The number of allylic oxidation sites excluding steroid dienone is 2. The summed E-state index contributed by atoms with van der Waals surface area (Å²) in [5.41, 5.74) is 6.32. The zero-order valence-electron chi connectivity index (χ0n) is 15.0. The molecule has 0 aromatic heterocycles. The van der Waals surface area contributed by atoms with E-state index in [4.69, 9.17) is 0 Å². The van der Waals surface area contributed by atoms with Crippen LogP contribution in [0.4, 0.5) is 0 Å². The summed E-state index contributed by atoms with van der Waals surface area (Å²) in [6.45, 7) is 2.13. The van der Waals surface area contributed by atoms with Gasteiger partial charge in [-0.3, -0.25) is 0 Å². The molecule has 4 heteroatoms. The second-order valence-corrected chi connectivity index (χ2v) is 8.58. The van der Waals surface area contributed by atoms with Crippen molar-refractivity contribution in [2.45, 2.75) is 31.1 Å². The topological polar surface area (TPSA) is 51.2 Å². The number of carbonyl (C=O) groups is 1. The molecule has 0 radical (unpaired) electrons. The van der Waals surface area contributed by atoms with Gasteiger partial charge in [-0.15, -0.1) is 0 Å². The maximum absolute atomic E-state index is 11.9. The predicted octanol–water partition coefficient (Wildman–Crippen LogP) is 4.57. The third-order valence-corrected chi connectivity index (χ3v) is 5.70. The molecule has 2 aromatic carbocycles. The lowest BCUT2D eigenvalue weighted by Crippen LogP contribution is -1.98. The molecule has 0 spiro atoms. The molecule has 0 aliphatic heterocycles. The van der Waals surface area contributed by atoms with Crippen LogP contribution >= 0.6 is 0 Å². The Balaban J connectivity index is 2.14. The fourth-order valence-electron chi connectivity index (χ4n) is 3.33. The van der Waals surface area contributed by atoms with Crippen LogP contribution in [-0.4, -0.2) is 21.0 Å². The van der Waals surface area contributed by atoms with Crippen LogP contribution in [0, 0.1) is 0 Å². The van der Waals surface area contributed by atoms with Crippen LogP contribution < -0.4 is 0 Å². The zero-order chi connectivity index (χ0) is 18.7. The minimum absolute atomic E-state index is 0.339. The Morgan fingerprint density at radius 3 is 2.54 bits per heavy atom. The van der Waals surface area contributed by atoms with Gasteiger partial charge < -0.3 is 4.79 Å². The van der Waals surface area contributed by atoms with Gasteiger partial charge in [0.1, 0.15) is 6.29 Å². The number of rotatable bonds is 6. The molecule has 1 aliphatic carbocycles. The van der Waals surface area contributed by atoms with E-state index in [1.54, 1.807) is 12.1 Å². The van der Waals surface area contributed by atoms with Gasteiger partial charge in [0.15, 0.2) is 9.84 Å². The summed E-state index contributed by atoms with van der Waals surface area (Å²) in [5.74, 6) is 0. The van der Waals surface area contributed by atoms with Gasteiger partial charge in [0.25, 0.3) is 0 Å². The van der Waals surface area contributed by atoms with E-state index in [-0.39, 0.29) is 0 Å². The zero-order valence-corrected chi connectivity index (χ0v) is 15.8. The molecule has 0 bridgehead atoms. The van der Waals surface area contributed by atoms with Gasteiger partial charge in [-0.05, 0) is 58.0 Å². The molecule has 2 aromatic rings. The lowest BCUT2D eigenvalue weighted by molar-refractivity contribution is -0.107. The molecule has 0 unspecified atom stereocenters. The first-order chi connectivity index (χ1) is 12.4. The third kappa shape index (κ3) is 3.70. The molecule has 134 valence electrons. The second-order valence-electron chi connectivity index (χ2n) is 6.57. The minimum atomic E-state index is -3.23. The first kappa shape index (κ1) is 18.3. The molecule has 1 aliphatic rings. The van der Waals surface area contributed by atoms with Gasteiger partial charge in [-0.25, -0.2) is 8.42 Å². The van der Waals surface area contributed by atoms with Crippen LogP contribution in [0.2, 0.25) is 0 Å². The van der Waals surface area contributed by atoms with Crippen LogP contribution in [0.15, 0.2) is 52.9 Å². The fraction of sp³-hybridized carbons (Fsp3) is 0.227. The van der Waals surface area contributed by atoms with E-state index in [0.717, 1.165) is 47.0 Å². The van der Waals surface area contributed by atoms with E-state index >= 15 is 0 Å². The highest BCUT2D eigenvalue weighted by Crippen LogP contribution is 2.40. The normalized spacial score (nSPS) is 15.0. The van der Waals surface area contributed by atoms with E-state index in [0.29, 0.717) is 11.3 Å². The summed E-state index contributed by atoms with van der Waals surface area (Å²) in [7, 11) is -3.23. The van der Waals surface area contributed by atoms with E-state index in [1.807, 2.05) is 30.3 Å². The fourth-order valence-corrected chi connectivity index (χ4v) is 3.98. The molecule has 0 saturated carbocycles. The summed E-state index contributed by atoms with van der Waals surface area (Å²) in [5, 5.41) is 0. The first-order valence-electron chi connectivity index (χ1n) is 8.72. The van der Waals surface area contributed by atoms with Crippen LogP contribution in [-0.2, 0) is 21.1 Å². The Labute approximate surface area is 155 Å². The van der Waals surface area contributed by atoms with Crippen molar-refractivity contribution < 1.29 is 13.2 Å². The van der Waals surface area contributed by atoms with Crippen molar-refractivity contribution in [1.82, 2.24) is 0 Å². The molecule has 0 saturated heterocycles. The SMILES string of the molecule is CCCC1=Cc2cc(S(C)(=O)=O)ccc2/C1=C\c1ccccc1CC=O. The molecular formula is C22H22O3S. The number of aldehydes is 1. The van der Waals surface area contributed by atoms with Crippen LogP contribution in [0.25, 0.3) is 17.7 Å². The molecule has 0 heterocycles. The van der Waals surface area contributed by atoms with Crippen LogP contribution in [0.1, 0.15) is 42.0 Å². The minimum Gasteiger partial charge on any atom is -0.303 e. The largest absolute Gasteiger partial charge is 0.303 e. The van der Waals surface area contributed by atoms with Crippen molar-refractivity contribution in [2.24, 2.45) is 0 Å². The summed E-state index contributed by atoms with van der Waals surface area (Å²) in [6, 6.07) is 13.2. The maximum atomic E-state index is 11.9. The van der Waals surface area contributed by atoms with Crippen molar-refractivity contribution in [3.63, 3.8) is 0 Å². The van der Waals surface area contributed by atoms with Gasteiger partial charge in [0.05, 0.1) is 4.90 Å². The van der Waals surface area contributed by atoms with Gasteiger partial charge in [0, 0.05) is 12.7 Å². The van der Waals surface area contributed by atoms with E-state index in [9.17, 15) is 13.2 Å². The lowest BCUT2D eigenvalue weighted by atomic mass is 9.95. The van der Waals surface area contributed by atoms with E-state index in [1.165, 1.54) is 11.8 Å². The van der Waals surface area contributed by atoms with Crippen molar-refractivity contribution in [3.8, 4) is 0 Å². The summed E-state index contributed by atoms with van der Waals surface area (Å²) >= 11 is 0. The number of benzene rings is 2. The van der Waals surface area contributed by atoms with Gasteiger partial charge in [-0.2, -0.15) is 0 Å². The van der Waals surface area contributed by atoms with E-state index in [2.05, 4.69) is 19.1 Å². The molecule has 26 heavy (non-hydrogen) atoms. The number of carbonyl (C=O) groups excluding carboxylic acids is 1. The quantitative estimate of drug-likeness (QED) is 0.704. The summed E-state index contributed by atoms with van der Waals surface area (Å²) in [4.78, 5) is 11.3. The Kier molecular flexibility index (Phi) is 5.23. The average molecular weight is 366 g/mol. The van der Waals surface area contributed by atoms with Crippen molar-refractivity contribution >= 4 is 33.8 Å². The third-order valence-electron chi connectivity index (χ3n) is 4.59. The second kappa shape index (κ2) is 7.42. The molecule has 0 N–H and O–H groups in total. The van der Waals surface area contributed by atoms with Gasteiger partial charge >= 0.3 is 0 Å². The Morgan fingerprint density at radius 2 is 1.85 bits per heavy atom. The molecule has 0 amide bonds. The van der Waals surface area contributed by atoms with Crippen molar-refractivity contribution in [3.05, 3.63) is 70.3 Å². The highest BCUT2D eigenvalue weighted by atomic mass is 32.2. The molecular weight excluding hydrogens is 344 g/mol. The highest BCUT2D eigenvalue weighted by Gasteiger charge is 2.20. The maximum Gasteiger partial charge on any atom is 0.175 e. The molecule has 3 nitrogen and oxygen atoms in total. The predicted molar refractivity (Wildman–Crippen MR) is 107 cm³/mol. The van der Waals surface area contributed by atoms with Gasteiger partial charge in [-0.1, -0.05) is 49.8 Å². The smallest absolute Gasteiger partial charge is 0.175 e. The number of hydrogen-bond donors (Lipinski definition) is 0.